The molecular weight excluding hydrogens is 537 g/mol. The number of halogens is 2. The summed E-state index contributed by atoms with van der Waals surface area (Å²) in [5.74, 6) is 0.732. The molecule has 0 spiro atoms. The highest BCUT2D eigenvalue weighted by Gasteiger charge is 2.09. The van der Waals surface area contributed by atoms with Gasteiger partial charge in [0.05, 0.1) is 19.8 Å². The average molecular weight is 568 g/mol. The van der Waals surface area contributed by atoms with Crippen molar-refractivity contribution in [1.82, 2.24) is 15.5 Å². The Hall–Kier alpha value is -0.910. The predicted molar refractivity (Wildman–Crippen MR) is 129 cm³/mol. The first-order valence-corrected chi connectivity index (χ1v) is 10.3. The number of rotatable bonds is 8. The first-order valence-electron chi connectivity index (χ1n) is 9.46. The van der Waals surface area contributed by atoms with Crippen molar-refractivity contribution < 1.29 is 9.53 Å². The minimum Gasteiger partial charge on any atom is -0.379 e. The lowest BCUT2D eigenvalue weighted by atomic mass is 10.2. The minimum atomic E-state index is -0.0166. The number of aliphatic imine (C=N–C) groups is 1. The summed E-state index contributed by atoms with van der Waals surface area (Å²) < 4.78 is 6.36. The number of hydrogen-bond donors (Lipinski definition) is 3. The number of carbonyl (C=O) groups is 1. The van der Waals surface area contributed by atoms with Crippen LogP contribution in [0.15, 0.2) is 27.7 Å². The molecule has 1 aromatic carbocycles. The fourth-order valence-electron chi connectivity index (χ4n) is 2.74. The molecule has 1 heterocycles. The van der Waals surface area contributed by atoms with Crippen LogP contribution in [0.5, 0.6) is 0 Å². The Morgan fingerprint density at radius 3 is 2.71 bits per heavy atom. The zero-order chi connectivity index (χ0) is 19.5. The zero-order valence-corrected chi connectivity index (χ0v) is 20.5. The first-order chi connectivity index (χ1) is 13.1. The number of morpholine rings is 1. The summed E-state index contributed by atoms with van der Waals surface area (Å²) in [6.07, 6.45) is 0.378. The van der Waals surface area contributed by atoms with E-state index in [0.29, 0.717) is 13.0 Å². The normalized spacial score (nSPS) is 14.9. The first kappa shape index (κ1) is 25.1. The quantitative estimate of drug-likeness (QED) is 0.256. The topological polar surface area (TPSA) is 78.0 Å². The summed E-state index contributed by atoms with van der Waals surface area (Å²) in [7, 11) is 0. The van der Waals surface area contributed by atoms with Gasteiger partial charge in [-0.2, -0.15) is 0 Å². The molecule has 1 aliphatic rings. The summed E-state index contributed by atoms with van der Waals surface area (Å²) in [6.45, 7) is 10.5. The van der Waals surface area contributed by atoms with E-state index in [0.717, 1.165) is 67.6 Å². The molecule has 7 nitrogen and oxygen atoms in total. The van der Waals surface area contributed by atoms with Crippen LogP contribution in [0.25, 0.3) is 0 Å². The molecule has 1 aromatic rings. The van der Waals surface area contributed by atoms with Crippen LogP contribution < -0.4 is 16.0 Å². The molecular formula is C19H31BrIN5O2. The van der Waals surface area contributed by atoms with E-state index in [2.05, 4.69) is 41.8 Å². The smallest absolute Gasteiger partial charge is 0.226 e. The molecule has 1 saturated heterocycles. The van der Waals surface area contributed by atoms with E-state index in [1.807, 2.05) is 32.0 Å². The van der Waals surface area contributed by atoms with E-state index in [1.54, 1.807) is 0 Å². The van der Waals surface area contributed by atoms with Gasteiger partial charge >= 0.3 is 0 Å². The van der Waals surface area contributed by atoms with E-state index in [1.165, 1.54) is 0 Å². The van der Waals surface area contributed by atoms with Crippen LogP contribution in [0.3, 0.4) is 0 Å². The number of aryl methyl sites for hydroxylation is 1. The molecule has 0 bridgehead atoms. The molecule has 1 aliphatic heterocycles. The molecule has 3 N–H and O–H groups in total. The number of anilines is 1. The van der Waals surface area contributed by atoms with Gasteiger partial charge in [0.1, 0.15) is 0 Å². The fraction of sp³-hybridized carbons (Fsp3) is 0.579. The highest BCUT2D eigenvalue weighted by Crippen LogP contribution is 2.20. The average Bonchev–Trinajstić information content (AvgIpc) is 2.65. The lowest BCUT2D eigenvalue weighted by Crippen LogP contribution is -2.40. The standard InChI is InChI=1S/C19H30BrN5O2.HI/c1-3-21-19(23-8-9-25-10-12-27-13-11-25)22-7-6-18(26)24-17-5-4-16(20)14-15(17)2;/h4-5,14H,3,6-13H2,1-2H3,(H,24,26)(H2,21,22,23);1H. The van der Waals surface area contributed by atoms with Gasteiger partial charge in [0.2, 0.25) is 5.91 Å². The fourth-order valence-corrected chi connectivity index (χ4v) is 3.22. The Morgan fingerprint density at radius 1 is 1.29 bits per heavy atom. The third kappa shape index (κ3) is 9.53. The Labute approximate surface area is 193 Å². The van der Waals surface area contributed by atoms with Crippen molar-refractivity contribution >= 4 is 57.5 Å². The Kier molecular flexibility index (Phi) is 12.7. The summed E-state index contributed by atoms with van der Waals surface area (Å²) >= 11 is 3.43. The molecule has 1 fully saturated rings. The Bertz CT molecular complexity index is 639. The molecule has 0 aliphatic carbocycles. The summed E-state index contributed by atoms with van der Waals surface area (Å²) in [5, 5.41) is 9.39. The van der Waals surface area contributed by atoms with Crippen LogP contribution >= 0.6 is 39.9 Å². The second-order valence-electron chi connectivity index (χ2n) is 6.40. The van der Waals surface area contributed by atoms with E-state index < -0.39 is 0 Å². The molecule has 0 radical (unpaired) electrons. The van der Waals surface area contributed by atoms with Gasteiger partial charge < -0.3 is 20.7 Å². The van der Waals surface area contributed by atoms with Gasteiger partial charge in [0.15, 0.2) is 5.96 Å². The molecule has 0 unspecified atom stereocenters. The van der Waals surface area contributed by atoms with E-state index in [4.69, 9.17) is 4.74 Å². The largest absolute Gasteiger partial charge is 0.379 e. The third-order valence-corrected chi connectivity index (χ3v) is 4.73. The number of ether oxygens (including phenoxy) is 1. The maximum atomic E-state index is 12.2. The van der Waals surface area contributed by atoms with E-state index >= 15 is 0 Å². The van der Waals surface area contributed by atoms with Crippen molar-refractivity contribution in [2.75, 3.05) is 57.8 Å². The summed E-state index contributed by atoms with van der Waals surface area (Å²) in [6, 6.07) is 5.81. The monoisotopic (exact) mass is 567 g/mol. The molecule has 0 aromatic heterocycles. The number of hydrogen-bond acceptors (Lipinski definition) is 4. The minimum absolute atomic E-state index is 0. The second kappa shape index (κ2) is 14.1. The zero-order valence-electron chi connectivity index (χ0n) is 16.6. The lowest BCUT2D eigenvalue weighted by Gasteiger charge is -2.25. The van der Waals surface area contributed by atoms with E-state index in [-0.39, 0.29) is 29.9 Å². The van der Waals surface area contributed by atoms with Crippen LogP contribution in [-0.2, 0) is 9.53 Å². The Morgan fingerprint density at radius 2 is 2.04 bits per heavy atom. The number of nitrogens with one attached hydrogen (secondary N) is 3. The summed E-state index contributed by atoms with van der Waals surface area (Å²) in [4.78, 5) is 19.1. The number of nitrogens with zero attached hydrogens (tertiary/aromatic N) is 2. The van der Waals surface area contributed by atoms with Gasteiger partial charge in [-0.3, -0.25) is 14.7 Å². The molecule has 0 atom stereocenters. The van der Waals surface area contributed by atoms with Gasteiger partial charge in [-0.15, -0.1) is 24.0 Å². The Balaban J connectivity index is 0.00000392. The third-order valence-electron chi connectivity index (χ3n) is 4.24. The molecule has 158 valence electrons. The van der Waals surface area contributed by atoms with Crippen molar-refractivity contribution in [2.45, 2.75) is 20.3 Å². The maximum Gasteiger partial charge on any atom is 0.226 e. The number of carbonyl (C=O) groups excluding carboxylic acids is 1. The lowest BCUT2D eigenvalue weighted by molar-refractivity contribution is -0.116. The molecule has 0 saturated carbocycles. The van der Waals surface area contributed by atoms with Gasteiger partial charge in [-0.25, -0.2) is 0 Å². The maximum absolute atomic E-state index is 12.2. The molecule has 1 amide bonds. The number of amides is 1. The SMILES string of the molecule is CCNC(=NCCN1CCOCC1)NCCC(=O)Nc1ccc(Br)cc1C.I. The predicted octanol–water partition coefficient (Wildman–Crippen LogP) is 2.59. The number of guanidine groups is 1. The van der Waals surface area contributed by atoms with Crippen molar-refractivity contribution in [3.05, 3.63) is 28.2 Å². The van der Waals surface area contributed by atoms with Gasteiger partial charge in [-0.1, -0.05) is 15.9 Å². The van der Waals surface area contributed by atoms with Crippen molar-refractivity contribution in [3.63, 3.8) is 0 Å². The molecule has 2 rings (SSSR count). The van der Waals surface area contributed by atoms with Crippen LogP contribution in [0, 0.1) is 6.92 Å². The van der Waals surface area contributed by atoms with Crippen molar-refractivity contribution in [3.8, 4) is 0 Å². The highest BCUT2D eigenvalue weighted by molar-refractivity contribution is 14.0. The molecule has 28 heavy (non-hydrogen) atoms. The van der Waals surface area contributed by atoms with Crippen LogP contribution in [-0.4, -0.2) is 69.2 Å². The second-order valence-corrected chi connectivity index (χ2v) is 7.31. The number of benzene rings is 1. The van der Waals surface area contributed by atoms with Crippen LogP contribution in [0.4, 0.5) is 5.69 Å². The van der Waals surface area contributed by atoms with Crippen LogP contribution in [0.2, 0.25) is 0 Å². The van der Waals surface area contributed by atoms with Gasteiger partial charge in [0.25, 0.3) is 0 Å². The van der Waals surface area contributed by atoms with Gasteiger partial charge in [0, 0.05) is 49.3 Å². The van der Waals surface area contributed by atoms with Gasteiger partial charge in [-0.05, 0) is 37.6 Å². The summed E-state index contributed by atoms with van der Waals surface area (Å²) in [5.41, 5.74) is 1.87. The van der Waals surface area contributed by atoms with Crippen molar-refractivity contribution in [1.29, 1.82) is 0 Å². The van der Waals surface area contributed by atoms with Crippen molar-refractivity contribution in [2.24, 2.45) is 4.99 Å². The highest BCUT2D eigenvalue weighted by atomic mass is 127. The van der Waals surface area contributed by atoms with Crippen LogP contribution in [0.1, 0.15) is 18.9 Å². The molecule has 9 heteroatoms. The van der Waals surface area contributed by atoms with E-state index in [9.17, 15) is 4.79 Å².